The van der Waals surface area contributed by atoms with Crippen molar-refractivity contribution >= 4 is 49.7 Å². The van der Waals surface area contributed by atoms with E-state index in [0.29, 0.717) is 21.6 Å². The molecule has 2 aromatic rings. The first-order valence-electron chi connectivity index (χ1n) is 8.90. The molecule has 2 fully saturated rings. The van der Waals surface area contributed by atoms with Gasteiger partial charge in [-0.1, -0.05) is 29.2 Å². The van der Waals surface area contributed by atoms with Gasteiger partial charge in [0.05, 0.1) is 17.3 Å². The Bertz CT molecular complexity index is 978. The van der Waals surface area contributed by atoms with Gasteiger partial charge in [-0.25, -0.2) is 12.8 Å². The highest BCUT2D eigenvalue weighted by Crippen LogP contribution is 2.34. The molecule has 28 heavy (non-hydrogen) atoms. The number of halogens is 1. The number of anilines is 2. The van der Waals surface area contributed by atoms with E-state index in [2.05, 4.69) is 15.5 Å². The molecule has 0 radical (unpaired) electrons. The van der Waals surface area contributed by atoms with E-state index in [1.165, 1.54) is 35.2 Å². The number of aromatic nitrogens is 2. The molecule has 1 atom stereocenters. The third-order valence-corrected chi connectivity index (χ3v) is 8.34. The number of benzene rings is 1. The van der Waals surface area contributed by atoms with E-state index >= 15 is 0 Å². The summed E-state index contributed by atoms with van der Waals surface area (Å²) in [5.74, 6) is 0.0303. The highest BCUT2D eigenvalue weighted by molar-refractivity contribution is 8.01. The summed E-state index contributed by atoms with van der Waals surface area (Å²) in [7, 11) is -3.03. The van der Waals surface area contributed by atoms with Gasteiger partial charge in [0.25, 0.3) is 0 Å². The second-order valence-electron chi connectivity index (χ2n) is 6.89. The summed E-state index contributed by atoms with van der Waals surface area (Å²) in [5, 5.41) is 11.6. The molecular formula is C17H19FN4O3S3. The lowest BCUT2D eigenvalue weighted by Crippen LogP contribution is -2.43. The van der Waals surface area contributed by atoms with Crippen molar-refractivity contribution in [1.82, 2.24) is 15.1 Å². The minimum absolute atomic E-state index is 0.0514. The van der Waals surface area contributed by atoms with Gasteiger partial charge >= 0.3 is 0 Å². The Morgan fingerprint density at radius 1 is 1.29 bits per heavy atom. The summed E-state index contributed by atoms with van der Waals surface area (Å²) in [6.07, 6.45) is 2.40. The van der Waals surface area contributed by atoms with E-state index in [4.69, 9.17) is 0 Å². The smallest absolute Gasteiger partial charge is 0.233 e. The molecule has 1 amide bonds. The Labute approximate surface area is 170 Å². The number of nitrogens with one attached hydrogen (secondary N) is 1. The first-order chi connectivity index (χ1) is 13.4. The van der Waals surface area contributed by atoms with Gasteiger partial charge in [0.15, 0.2) is 14.2 Å². The molecule has 4 rings (SSSR count). The van der Waals surface area contributed by atoms with Crippen molar-refractivity contribution in [3.8, 4) is 0 Å². The number of sulfone groups is 1. The molecule has 1 saturated carbocycles. The van der Waals surface area contributed by atoms with Crippen LogP contribution in [0.2, 0.25) is 0 Å². The topological polar surface area (TPSA) is 92.3 Å². The van der Waals surface area contributed by atoms with Crippen LogP contribution in [0.1, 0.15) is 19.3 Å². The zero-order valence-corrected chi connectivity index (χ0v) is 17.3. The summed E-state index contributed by atoms with van der Waals surface area (Å²) in [6.45, 7) is 0. The highest BCUT2D eigenvalue weighted by atomic mass is 32.2. The minimum atomic E-state index is -3.03. The Kier molecular flexibility index (Phi) is 5.57. The van der Waals surface area contributed by atoms with Crippen LogP contribution in [0.4, 0.5) is 15.2 Å². The van der Waals surface area contributed by atoms with Gasteiger partial charge in [0.2, 0.25) is 11.0 Å². The summed E-state index contributed by atoms with van der Waals surface area (Å²) in [5.41, 5.74) is 0.575. The van der Waals surface area contributed by atoms with Gasteiger partial charge in [-0.3, -0.25) is 4.79 Å². The molecule has 1 aromatic carbocycles. The quantitative estimate of drug-likeness (QED) is 0.659. The predicted octanol–water partition coefficient (Wildman–Crippen LogP) is 2.69. The highest BCUT2D eigenvalue weighted by Gasteiger charge is 2.41. The number of nitrogens with zero attached hydrogens (tertiary/aromatic N) is 3. The standard InChI is InChI=1S/C17H19FN4O3S3/c18-11-2-1-3-12(8-11)19-16-20-21-17(27-16)26-9-15(23)22(13-4-5-13)14-6-7-28(24,25)10-14/h1-3,8,13-14H,4-7,9-10H2,(H,19,20)/t14-/m0/s1. The van der Waals surface area contributed by atoms with Crippen molar-refractivity contribution in [1.29, 1.82) is 0 Å². The molecule has 2 heterocycles. The van der Waals surface area contributed by atoms with Crippen molar-refractivity contribution in [2.45, 2.75) is 35.7 Å². The maximum absolute atomic E-state index is 13.3. The fourth-order valence-electron chi connectivity index (χ4n) is 3.26. The average Bonchev–Trinajstić information content (AvgIpc) is 3.26. The van der Waals surface area contributed by atoms with Crippen LogP contribution in [0.15, 0.2) is 28.6 Å². The van der Waals surface area contributed by atoms with Crippen molar-refractivity contribution in [3.05, 3.63) is 30.1 Å². The molecule has 1 aromatic heterocycles. The molecule has 2 aliphatic rings. The summed E-state index contributed by atoms with van der Waals surface area (Å²) < 4.78 is 37.4. The zero-order valence-electron chi connectivity index (χ0n) is 14.9. The van der Waals surface area contributed by atoms with Gasteiger partial charge in [0, 0.05) is 17.8 Å². The molecule has 150 valence electrons. The predicted molar refractivity (Wildman–Crippen MR) is 107 cm³/mol. The van der Waals surface area contributed by atoms with Gasteiger partial charge in [0.1, 0.15) is 5.82 Å². The largest absolute Gasteiger partial charge is 0.335 e. The van der Waals surface area contributed by atoms with Gasteiger partial charge in [-0.2, -0.15) is 0 Å². The molecule has 0 bridgehead atoms. The maximum atomic E-state index is 13.3. The average molecular weight is 443 g/mol. The first kappa shape index (κ1) is 19.6. The van der Waals surface area contributed by atoms with E-state index in [1.54, 1.807) is 17.0 Å². The number of hydrogen-bond acceptors (Lipinski definition) is 8. The molecule has 0 spiro atoms. The molecular weight excluding hydrogens is 423 g/mol. The summed E-state index contributed by atoms with van der Waals surface area (Å²) in [4.78, 5) is 14.5. The van der Waals surface area contributed by atoms with Crippen LogP contribution in [0.3, 0.4) is 0 Å². The third kappa shape index (κ3) is 4.81. The van der Waals surface area contributed by atoms with Crippen LogP contribution in [-0.2, 0) is 14.6 Å². The van der Waals surface area contributed by atoms with Crippen LogP contribution in [0.5, 0.6) is 0 Å². The lowest BCUT2D eigenvalue weighted by molar-refractivity contribution is -0.130. The first-order valence-corrected chi connectivity index (χ1v) is 12.5. The Hall–Kier alpha value is -1.72. The molecule has 7 nitrogen and oxygen atoms in total. The second-order valence-corrected chi connectivity index (χ2v) is 11.3. The zero-order chi connectivity index (χ0) is 19.7. The molecule has 0 unspecified atom stereocenters. The number of thioether (sulfide) groups is 1. The Morgan fingerprint density at radius 2 is 2.11 bits per heavy atom. The fraction of sp³-hybridized carbons (Fsp3) is 0.471. The van der Waals surface area contributed by atoms with Crippen LogP contribution in [-0.4, -0.2) is 58.8 Å². The number of carbonyl (C=O) groups excluding carboxylic acids is 1. The van der Waals surface area contributed by atoms with Crippen molar-refractivity contribution in [2.75, 3.05) is 22.6 Å². The number of rotatable bonds is 7. The number of amides is 1. The van der Waals surface area contributed by atoms with Gasteiger partial charge in [-0.15, -0.1) is 10.2 Å². The Morgan fingerprint density at radius 3 is 2.79 bits per heavy atom. The monoisotopic (exact) mass is 442 g/mol. The SMILES string of the molecule is O=C(CSc1nnc(Nc2cccc(F)c2)s1)N(C1CC1)[C@H]1CCS(=O)(=O)C1. The van der Waals surface area contributed by atoms with E-state index in [-0.39, 0.29) is 41.1 Å². The van der Waals surface area contributed by atoms with E-state index in [0.717, 1.165) is 12.8 Å². The molecule has 11 heteroatoms. The lowest BCUT2D eigenvalue weighted by atomic mass is 10.2. The fourth-order valence-corrected chi connectivity index (χ4v) is 6.61. The number of hydrogen-bond donors (Lipinski definition) is 1. The Balaban J connectivity index is 1.35. The van der Waals surface area contributed by atoms with Crippen LogP contribution in [0, 0.1) is 5.82 Å². The summed E-state index contributed by atoms with van der Waals surface area (Å²) >= 11 is 2.57. The lowest BCUT2D eigenvalue weighted by Gasteiger charge is -2.28. The summed E-state index contributed by atoms with van der Waals surface area (Å²) in [6, 6.07) is 6.02. The van der Waals surface area contributed by atoms with Crippen molar-refractivity contribution < 1.29 is 17.6 Å². The van der Waals surface area contributed by atoms with Crippen LogP contribution in [0.25, 0.3) is 0 Å². The van der Waals surface area contributed by atoms with E-state index in [1.807, 2.05) is 0 Å². The normalized spacial score (nSPS) is 20.8. The maximum Gasteiger partial charge on any atom is 0.233 e. The van der Waals surface area contributed by atoms with Crippen LogP contribution < -0.4 is 5.32 Å². The van der Waals surface area contributed by atoms with Crippen LogP contribution >= 0.6 is 23.1 Å². The third-order valence-electron chi connectivity index (χ3n) is 4.63. The molecule has 1 N–H and O–H groups in total. The van der Waals surface area contributed by atoms with E-state index in [9.17, 15) is 17.6 Å². The van der Waals surface area contributed by atoms with Crippen molar-refractivity contribution in [3.63, 3.8) is 0 Å². The number of carbonyl (C=O) groups is 1. The minimum Gasteiger partial charge on any atom is -0.335 e. The molecule has 1 aliphatic carbocycles. The van der Waals surface area contributed by atoms with Crippen molar-refractivity contribution in [2.24, 2.45) is 0 Å². The van der Waals surface area contributed by atoms with Gasteiger partial charge in [-0.05, 0) is 37.5 Å². The molecule has 1 saturated heterocycles. The van der Waals surface area contributed by atoms with Gasteiger partial charge < -0.3 is 10.2 Å². The second kappa shape index (κ2) is 7.96. The molecule has 1 aliphatic heterocycles. The van der Waals surface area contributed by atoms with E-state index < -0.39 is 9.84 Å².